The molecule has 142 valence electrons. The Balaban J connectivity index is 1.41. The number of aromatic nitrogens is 2. The Labute approximate surface area is 171 Å². The molecule has 0 unspecified atom stereocenters. The van der Waals surface area contributed by atoms with E-state index in [1.54, 1.807) is 12.1 Å². The second-order valence-corrected chi connectivity index (χ2v) is 7.38. The molecule has 0 radical (unpaired) electrons. The number of para-hydroxylation sites is 1. The van der Waals surface area contributed by atoms with Crippen LogP contribution in [0.2, 0.25) is 5.02 Å². The number of halogens is 1. The number of nitrogens with one attached hydrogen (secondary N) is 2. The van der Waals surface area contributed by atoms with Crippen molar-refractivity contribution in [2.45, 2.75) is 25.4 Å². The van der Waals surface area contributed by atoms with Crippen LogP contribution in [0.3, 0.4) is 0 Å². The van der Waals surface area contributed by atoms with Crippen LogP contribution in [0.5, 0.6) is 0 Å². The van der Waals surface area contributed by atoms with Gasteiger partial charge < -0.3 is 10.6 Å². The molecule has 1 aromatic heterocycles. The summed E-state index contributed by atoms with van der Waals surface area (Å²) >= 11 is 11.2. The van der Waals surface area contributed by atoms with Crippen LogP contribution >= 0.6 is 23.8 Å². The van der Waals surface area contributed by atoms with Crippen molar-refractivity contribution in [2.75, 3.05) is 5.32 Å². The maximum Gasteiger partial charge on any atom is 0.257 e. The Morgan fingerprint density at radius 1 is 1.25 bits per heavy atom. The molecule has 8 heteroatoms. The number of fused-ring (bicyclic) bond motifs is 3. The van der Waals surface area contributed by atoms with E-state index >= 15 is 0 Å². The van der Waals surface area contributed by atoms with E-state index in [4.69, 9.17) is 23.8 Å². The van der Waals surface area contributed by atoms with Crippen LogP contribution in [0.15, 0.2) is 48.5 Å². The van der Waals surface area contributed by atoms with Gasteiger partial charge in [0.15, 0.2) is 0 Å². The van der Waals surface area contributed by atoms with Crippen LogP contribution < -0.4 is 10.6 Å². The van der Waals surface area contributed by atoms with E-state index in [9.17, 15) is 9.59 Å². The van der Waals surface area contributed by atoms with E-state index in [1.807, 2.05) is 36.4 Å². The minimum absolute atomic E-state index is 0.128. The molecule has 4 rings (SSSR count). The quantitative estimate of drug-likeness (QED) is 0.620. The van der Waals surface area contributed by atoms with Gasteiger partial charge >= 0.3 is 0 Å². The summed E-state index contributed by atoms with van der Waals surface area (Å²) < 4.78 is 1.64. The van der Waals surface area contributed by atoms with Gasteiger partial charge in [-0.2, -0.15) is 0 Å². The molecule has 1 amide bonds. The van der Waals surface area contributed by atoms with Gasteiger partial charge in [0.25, 0.3) is 5.91 Å². The van der Waals surface area contributed by atoms with Crippen LogP contribution in [-0.2, 0) is 11.3 Å². The minimum Gasteiger partial charge on any atom is -0.359 e. The number of nitrogens with zero attached hydrogens (tertiary/aromatic N) is 2. The molecule has 28 heavy (non-hydrogen) atoms. The Hall–Kier alpha value is -2.77. The van der Waals surface area contributed by atoms with Crippen LogP contribution in [0.4, 0.5) is 5.82 Å². The highest BCUT2D eigenvalue weighted by molar-refractivity contribution is 7.71. The fourth-order valence-electron chi connectivity index (χ4n) is 3.28. The maximum atomic E-state index is 12.7. The maximum absolute atomic E-state index is 12.7. The highest BCUT2D eigenvalue weighted by Crippen LogP contribution is 2.29. The fourth-order valence-corrected chi connectivity index (χ4v) is 3.77. The zero-order chi connectivity index (χ0) is 19.7. The first kappa shape index (κ1) is 18.6. The van der Waals surface area contributed by atoms with E-state index in [2.05, 4.69) is 15.6 Å². The summed E-state index contributed by atoms with van der Waals surface area (Å²) in [5, 5.41) is 7.52. The molecule has 0 aliphatic carbocycles. The lowest BCUT2D eigenvalue weighted by molar-refractivity contribution is -0.121. The van der Waals surface area contributed by atoms with Gasteiger partial charge in [0.05, 0.1) is 5.52 Å². The lowest BCUT2D eigenvalue weighted by atomic mass is 10.1. The van der Waals surface area contributed by atoms with E-state index in [0.717, 1.165) is 16.5 Å². The summed E-state index contributed by atoms with van der Waals surface area (Å²) in [6.07, 6.45) is 0.585. The molecular formula is C20H17ClN4O2S. The summed E-state index contributed by atoms with van der Waals surface area (Å²) in [5.74, 6) is 0.336. The van der Waals surface area contributed by atoms with Gasteiger partial charge in [-0.15, -0.1) is 0 Å². The molecule has 0 saturated carbocycles. The highest BCUT2D eigenvalue weighted by Gasteiger charge is 2.31. The standard InChI is InChI=1S/C20H17ClN4O2S/c21-13-5-3-4-12(10-13)11-22-17(26)9-8-16-19(27)25-18(23-16)14-6-1-2-7-15(14)24-20(25)28/h1-7,10,16,23H,8-9,11H2,(H,22,26)/t16-/m0/s1. The Morgan fingerprint density at radius 2 is 2.07 bits per heavy atom. The monoisotopic (exact) mass is 412 g/mol. The molecule has 6 nitrogen and oxygen atoms in total. The number of hydrogen-bond donors (Lipinski definition) is 2. The van der Waals surface area contributed by atoms with Crippen molar-refractivity contribution in [1.82, 2.24) is 14.9 Å². The largest absolute Gasteiger partial charge is 0.359 e. The predicted molar refractivity (Wildman–Crippen MR) is 111 cm³/mol. The molecule has 1 aliphatic heterocycles. The number of carbonyl (C=O) groups is 2. The third-order valence-corrected chi connectivity index (χ3v) is 5.17. The predicted octanol–water partition coefficient (Wildman–Crippen LogP) is 3.95. The second kappa shape index (κ2) is 7.69. The summed E-state index contributed by atoms with van der Waals surface area (Å²) in [7, 11) is 0. The zero-order valence-corrected chi connectivity index (χ0v) is 16.4. The molecule has 0 saturated heterocycles. The normalized spacial score (nSPS) is 15.3. The van der Waals surface area contributed by atoms with E-state index in [1.165, 1.54) is 4.57 Å². The fraction of sp³-hybridized carbons (Fsp3) is 0.200. The number of benzene rings is 2. The van der Waals surface area contributed by atoms with Gasteiger partial charge in [0, 0.05) is 23.4 Å². The third-order valence-electron chi connectivity index (χ3n) is 4.66. The van der Waals surface area contributed by atoms with Gasteiger partial charge in [-0.05, 0) is 48.5 Å². The first-order chi connectivity index (χ1) is 13.5. The van der Waals surface area contributed by atoms with Crippen molar-refractivity contribution in [3.05, 3.63) is 63.9 Å². The van der Waals surface area contributed by atoms with Crippen LogP contribution in [-0.4, -0.2) is 27.4 Å². The van der Waals surface area contributed by atoms with E-state index in [0.29, 0.717) is 23.8 Å². The number of hydrogen-bond acceptors (Lipinski definition) is 5. The number of carbonyl (C=O) groups excluding carboxylic acids is 2. The Morgan fingerprint density at radius 3 is 2.89 bits per heavy atom. The number of amides is 1. The zero-order valence-electron chi connectivity index (χ0n) is 14.8. The Bertz CT molecular complexity index is 1140. The van der Waals surface area contributed by atoms with Crippen LogP contribution in [0.25, 0.3) is 10.9 Å². The lowest BCUT2D eigenvalue weighted by Gasteiger charge is -2.09. The molecule has 0 fully saturated rings. The highest BCUT2D eigenvalue weighted by atomic mass is 35.5. The topological polar surface area (TPSA) is 76.0 Å². The van der Waals surface area contributed by atoms with Gasteiger partial charge in [-0.25, -0.2) is 9.55 Å². The van der Waals surface area contributed by atoms with Gasteiger partial charge in [-0.1, -0.05) is 35.9 Å². The third kappa shape index (κ3) is 3.63. The molecule has 3 aromatic rings. The SMILES string of the molecule is O=C(CC[C@@H]1Nc2c3ccccc3nc(=S)n2C1=O)NCc1cccc(Cl)c1. The summed E-state index contributed by atoms with van der Waals surface area (Å²) in [4.78, 5) is 29.3. The van der Waals surface area contributed by atoms with Crippen molar-refractivity contribution in [3.8, 4) is 0 Å². The van der Waals surface area contributed by atoms with Crippen molar-refractivity contribution in [2.24, 2.45) is 0 Å². The van der Waals surface area contributed by atoms with Crippen molar-refractivity contribution < 1.29 is 9.59 Å². The van der Waals surface area contributed by atoms with Crippen LogP contribution in [0, 0.1) is 4.77 Å². The van der Waals surface area contributed by atoms with Gasteiger partial charge in [-0.3, -0.25) is 9.59 Å². The molecule has 0 spiro atoms. The molecule has 2 N–H and O–H groups in total. The molecule has 1 atom stereocenters. The summed E-state index contributed by atoms with van der Waals surface area (Å²) in [6, 6.07) is 14.3. The molecular weight excluding hydrogens is 396 g/mol. The van der Waals surface area contributed by atoms with Crippen molar-refractivity contribution in [3.63, 3.8) is 0 Å². The van der Waals surface area contributed by atoms with E-state index < -0.39 is 6.04 Å². The first-order valence-electron chi connectivity index (χ1n) is 8.86. The number of anilines is 1. The molecule has 1 aliphatic rings. The van der Waals surface area contributed by atoms with Crippen molar-refractivity contribution >= 4 is 52.4 Å². The van der Waals surface area contributed by atoms with Crippen LogP contribution in [0.1, 0.15) is 23.2 Å². The minimum atomic E-state index is -0.508. The van der Waals surface area contributed by atoms with E-state index in [-0.39, 0.29) is 23.0 Å². The number of rotatable bonds is 5. The average molecular weight is 413 g/mol. The van der Waals surface area contributed by atoms with Gasteiger partial charge in [0.2, 0.25) is 10.7 Å². The molecule has 2 aromatic carbocycles. The molecule has 0 bridgehead atoms. The second-order valence-electron chi connectivity index (χ2n) is 6.58. The lowest BCUT2D eigenvalue weighted by Crippen LogP contribution is -2.29. The Kier molecular flexibility index (Phi) is 5.11. The molecule has 2 heterocycles. The first-order valence-corrected chi connectivity index (χ1v) is 9.65. The van der Waals surface area contributed by atoms with Crippen molar-refractivity contribution in [1.29, 1.82) is 0 Å². The smallest absolute Gasteiger partial charge is 0.257 e. The van der Waals surface area contributed by atoms with Gasteiger partial charge in [0.1, 0.15) is 11.9 Å². The summed E-state index contributed by atoms with van der Waals surface area (Å²) in [6.45, 7) is 0.394. The average Bonchev–Trinajstić information content (AvgIpc) is 3.02. The summed E-state index contributed by atoms with van der Waals surface area (Å²) in [5.41, 5.74) is 1.66.